The maximum atomic E-state index is 12.5. The number of nitrogens with two attached hydrogens (primary N) is 1. The summed E-state index contributed by atoms with van der Waals surface area (Å²) < 4.78 is 27.6. The molecular formula is C16H25N3O3S. The number of hydrogen-bond donors (Lipinski definition) is 2. The van der Waals surface area contributed by atoms with Crippen LogP contribution in [0, 0.1) is 0 Å². The molecule has 0 unspecified atom stereocenters. The maximum absolute atomic E-state index is 12.5. The van der Waals surface area contributed by atoms with Gasteiger partial charge in [-0.2, -0.15) is 0 Å². The van der Waals surface area contributed by atoms with E-state index in [-0.39, 0.29) is 17.3 Å². The number of hydrogen-bond acceptors (Lipinski definition) is 4. The van der Waals surface area contributed by atoms with Gasteiger partial charge in [0.15, 0.2) is 0 Å². The van der Waals surface area contributed by atoms with Crippen LogP contribution in [0.1, 0.15) is 39.2 Å². The third-order valence-corrected chi connectivity index (χ3v) is 6.06. The smallest absolute Gasteiger partial charge is 0.240 e. The summed E-state index contributed by atoms with van der Waals surface area (Å²) >= 11 is 0. The second-order valence-corrected chi connectivity index (χ2v) is 7.87. The molecule has 1 aliphatic heterocycles. The van der Waals surface area contributed by atoms with Crippen molar-refractivity contribution in [2.45, 2.75) is 50.5 Å². The molecule has 3 N–H and O–H groups in total. The number of anilines is 1. The van der Waals surface area contributed by atoms with E-state index in [0.717, 1.165) is 12.0 Å². The van der Waals surface area contributed by atoms with Crippen molar-refractivity contribution in [2.24, 2.45) is 5.73 Å². The number of nitrogens with zero attached hydrogens (tertiary/aromatic N) is 1. The van der Waals surface area contributed by atoms with Crippen LogP contribution in [0.25, 0.3) is 0 Å². The predicted octanol–water partition coefficient (Wildman–Crippen LogP) is 1.39. The number of rotatable bonds is 6. The first kappa shape index (κ1) is 17.9. The van der Waals surface area contributed by atoms with Gasteiger partial charge in [0.25, 0.3) is 0 Å². The first-order valence-electron chi connectivity index (χ1n) is 7.92. The van der Waals surface area contributed by atoms with E-state index in [1.54, 1.807) is 23.1 Å². The second-order valence-electron chi connectivity index (χ2n) is 6.11. The van der Waals surface area contributed by atoms with Crippen LogP contribution in [0.15, 0.2) is 23.1 Å². The molecule has 0 bridgehead atoms. The summed E-state index contributed by atoms with van der Waals surface area (Å²) in [4.78, 5) is 13.4. The van der Waals surface area contributed by atoms with Crippen molar-refractivity contribution >= 4 is 21.6 Å². The van der Waals surface area contributed by atoms with Gasteiger partial charge in [0.05, 0.1) is 4.90 Å². The summed E-state index contributed by atoms with van der Waals surface area (Å²) in [5.74, 6) is -0.0794. The van der Waals surface area contributed by atoms with Crippen molar-refractivity contribution in [2.75, 3.05) is 18.0 Å². The maximum Gasteiger partial charge on any atom is 0.240 e. The molecule has 6 nitrogen and oxygen atoms in total. The van der Waals surface area contributed by atoms with Crippen LogP contribution in [-0.2, 0) is 21.2 Å². The summed E-state index contributed by atoms with van der Waals surface area (Å²) in [6, 6.07) is 4.94. The van der Waals surface area contributed by atoms with Gasteiger partial charge in [-0.3, -0.25) is 4.79 Å². The summed E-state index contributed by atoms with van der Waals surface area (Å²) in [6.45, 7) is 6.16. The third-order valence-electron chi connectivity index (χ3n) is 4.67. The summed E-state index contributed by atoms with van der Waals surface area (Å²) in [5, 5.41) is 0. The Morgan fingerprint density at radius 2 is 2.00 bits per heavy atom. The molecule has 128 valence electrons. The van der Waals surface area contributed by atoms with Crippen LogP contribution in [0.4, 0.5) is 5.69 Å². The highest BCUT2D eigenvalue weighted by atomic mass is 32.2. The molecule has 1 aromatic carbocycles. The zero-order chi connectivity index (χ0) is 17.3. The van der Waals surface area contributed by atoms with E-state index in [4.69, 9.17) is 5.73 Å². The highest BCUT2D eigenvalue weighted by molar-refractivity contribution is 7.89. The van der Waals surface area contributed by atoms with E-state index in [1.165, 1.54) is 6.92 Å². The Kier molecular flexibility index (Phi) is 5.13. The fourth-order valence-electron chi connectivity index (χ4n) is 2.68. The van der Waals surface area contributed by atoms with Gasteiger partial charge in [0.1, 0.15) is 0 Å². The first-order chi connectivity index (χ1) is 10.7. The van der Waals surface area contributed by atoms with Gasteiger partial charge >= 0.3 is 0 Å². The van der Waals surface area contributed by atoms with Crippen LogP contribution < -0.4 is 15.4 Å². The van der Waals surface area contributed by atoms with Crippen molar-refractivity contribution in [3.05, 3.63) is 23.8 Å². The summed E-state index contributed by atoms with van der Waals surface area (Å²) in [6.07, 6.45) is 2.13. The van der Waals surface area contributed by atoms with E-state index in [0.29, 0.717) is 25.1 Å². The molecule has 1 amide bonds. The first-order valence-corrected chi connectivity index (χ1v) is 9.40. The average Bonchev–Trinajstić information content (AvgIpc) is 2.96. The van der Waals surface area contributed by atoms with E-state index in [9.17, 15) is 13.2 Å². The lowest BCUT2D eigenvalue weighted by Crippen LogP contribution is -2.49. The Hall–Kier alpha value is -1.44. The zero-order valence-corrected chi connectivity index (χ0v) is 14.7. The molecule has 0 radical (unpaired) electrons. The lowest BCUT2D eigenvalue weighted by atomic mass is 9.95. The molecule has 0 spiro atoms. The molecule has 0 atom stereocenters. The fraction of sp³-hybridized carbons (Fsp3) is 0.562. The Bertz CT molecular complexity index is 697. The summed E-state index contributed by atoms with van der Waals surface area (Å²) in [5.41, 5.74) is 7.29. The van der Waals surface area contributed by atoms with Gasteiger partial charge in [-0.25, -0.2) is 13.1 Å². The minimum absolute atomic E-state index is 0.0794. The molecule has 2 rings (SSSR count). The number of nitrogens with one attached hydrogen (secondary N) is 1. The lowest BCUT2D eigenvalue weighted by molar-refractivity contribution is -0.116. The Balaban J connectivity index is 2.25. The number of fused-ring (bicyclic) bond motifs is 1. The van der Waals surface area contributed by atoms with Crippen LogP contribution >= 0.6 is 0 Å². The molecule has 0 saturated carbocycles. The Labute approximate surface area is 138 Å². The lowest BCUT2D eigenvalue weighted by Gasteiger charge is -2.26. The zero-order valence-electron chi connectivity index (χ0n) is 13.9. The van der Waals surface area contributed by atoms with Gasteiger partial charge in [0, 0.05) is 31.2 Å². The molecule has 0 aromatic heterocycles. The highest BCUT2D eigenvalue weighted by Gasteiger charge is 2.27. The van der Waals surface area contributed by atoms with Crippen molar-refractivity contribution in [1.29, 1.82) is 0 Å². The molecule has 0 saturated heterocycles. The molecule has 1 aromatic rings. The molecule has 23 heavy (non-hydrogen) atoms. The van der Waals surface area contributed by atoms with Crippen molar-refractivity contribution in [3.63, 3.8) is 0 Å². The number of sulfonamides is 1. The van der Waals surface area contributed by atoms with E-state index >= 15 is 0 Å². The van der Waals surface area contributed by atoms with Crippen molar-refractivity contribution < 1.29 is 13.2 Å². The number of benzene rings is 1. The van der Waals surface area contributed by atoms with Crippen molar-refractivity contribution in [1.82, 2.24) is 4.72 Å². The SMILES string of the molecule is CCC(N)(CC)CNS(=O)(=O)c1ccc2c(c1)N(C(C)=O)CC2. The van der Waals surface area contributed by atoms with Gasteiger partial charge in [0.2, 0.25) is 15.9 Å². The largest absolute Gasteiger partial charge is 0.324 e. The molecule has 0 fully saturated rings. The number of carbonyl (C=O) groups excluding carboxylic acids is 1. The molecule has 0 aliphatic carbocycles. The van der Waals surface area contributed by atoms with Gasteiger partial charge in [-0.1, -0.05) is 19.9 Å². The van der Waals surface area contributed by atoms with E-state index in [2.05, 4.69) is 4.72 Å². The van der Waals surface area contributed by atoms with Gasteiger partial charge in [-0.05, 0) is 37.0 Å². The monoisotopic (exact) mass is 339 g/mol. The van der Waals surface area contributed by atoms with E-state index in [1.807, 2.05) is 13.8 Å². The topological polar surface area (TPSA) is 92.5 Å². The van der Waals surface area contributed by atoms with Crippen LogP contribution in [0.5, 0.6) is 0 Å². The standard InChI is InChI=1S/C16H25N3O3S/c1-4-16(17,5-2)11-18-23(21,22)14-7-6-13-8-9-19(12(3)20)15(13)10-14/h6-7,10,18H,4-5,8-9,11,17H2,1-3H3. The fourth-order valence-corrected chi connectivity index (χ4v) is 3.83. The molecule has 1 heterocycles. The Morgan fingerprint density at radius 1 is 1.35 bits per heavy atom. The predicted molar refractivity (Wildman–Crippen MR) is 90.9 cm³/mol. The van der Waals surface area contributed by atoms with Crippen LogP contribution in [0.3, 0.4) is 0 Å². The minimum atomic E-state index is -3.65. The van der Waals surface area contributed by atoms with Gasteiger partial charge < -0.3 is 10.6 Å². The van der Waals surface area contributed by atoms with Crippen LogP contribution in [0.2, 0.25) is 0 Å². The molecule has 1 aliphatic rings. The minimum Gasteiger partial charge on any atom is -0.324 e. The van der Waals surface area contributed by atoms with Crippen LogP contribution in [-0.4, -0.2) is 33.0 Å². The van der Waals surface area contributed by atoms with Crippen molar-refractivity contribution in [3.8, 4) is 0 Å². The molecular weight excluding hydrogens is 314 g/mol. The average molecular weight is 339 g/mol. The van der Waals surface area contributed by atoms with Gasteiger partial charge in [-0.15, -0.1) is 0 Å². The number of amides is 1. The Morgan fingerprint density at radius 3 is 2.57 bits per heavy atom. The second kappa shape index (κ2) is 6.59. The van der Waals surface area contributed by atoms with E-state index < -0.39 is 15.6 Å². The number of carbonyl (C=O) groups is 1. The summed E-state index contributed by atoms with van der Waals surface area (Å²) in [7, 11) is -3.65. The third kappa shape index (κ3) is 3.73. The highest BCUT2D eigenvalue weighted by Crippen LogP contribution is 2.30. The quantitative estimate of drug-likeness (QED) is 0.819. The molecule has 7 heteroatoms. The normalized spacial score (nSPS) is 14.9.